The highest BCUT2D eigenvalue weighted by Gasteiger charge is 2.26. The topological polar surface area (TPSA) is 74.3 Å². The van der Waals surface area contributed by atoms with Gasteiger partial charge in [0.1, 0.15) is 5.69 Å². The van der Waals surface area contributed by atoms with Crippen LogP contribution in [0.25, 0.3) is 0 Å². The van der Waals surface area contributed by atoms with E-state index < -0.39 is 0 Å². The fraction of sp³-hybridized carbons (Fsp3) is 0.381. The van der Waals surface area contributed by atoms with E-state index in [1.54, 1.807) is 12.3 Å². The van der Waals surface area contributed by atoms with Crippen LogP contribution in [0.3, 0.4) is 0 Å². The van der Waals surface area contributed by atoms with Crippen molar-refractivity contribution in [2.45, 2.75) is 45.6 Å². The third-order valence-electron chi connectivity index (χ3n) is 4.84. The van der Waals surface area contributed by atoms with Gasteiger partial charge in [-0.05, 0) is 62.1 Å². The molecule has 1 atom stereocenters. The molecule has 0 radical (unpaired) electrons. The number of rotatable bonds is 5. The minimum absolute atomic E-state index is 0.0211. The van der Waals surface area contributed by atoms with Gasteiger partial charge in [0, 0.05) is 30.9 Å². The lowest BCUT2D eigenvalue weighted by Gasteiger charge is -2.35. The number of pyridine rings is 1. The summed E-state index contributed by atoms with van der Waals surface area (Å²) in [5.74, 6) is -0.0769. The van der Waals surface area contributed by atoms with E-state index in [0.717, 1.165) is 42.9 Å². The molecule has 27 heavy (non-hydrogen) atoms. The summed E-state index contributed by atoms with van der Waals surface area (Å²) in [5.41, 5.74) is 2.93. The molecule has 0 aliphatic carbocycles. The summed E-state index contributed by atoms with van der Waals surface area (Å²) in [6.45, 7) is 4.43. The highest BCUT2D eigenvalue weighted by molar-refractivity contribution is 5.93. The zero-order valence-electron chi connectivity index (χ0n) is 15.9. The van der Waals surface area contributed by atoms with Crippen LogP contribution in [0.15, 0.2) is 42.6 Å². The molecule has 6 heteroatoms. The number of aromatic nitrogens is 1. The lowest BCUT2D eigenvalue weighted by molar-refractivity contribution is -0.114. The van der Waals surface area contributed by atoms with Gasteiger partial charge in [0.05, 0.1) is 11.9 Å². The van der Waals surface area contributed by atoms with Crippen molar-refractivity contribution < 1.29 is 9.59 Å². The van der Waals surface area contributed by atoms with Crippen LogP contribution in [-0.4, -0.2) is 34.3 Å². The zero-order valence-corrected chi connectivity index (χ0v) is 15.9. The minimum atomic E-state index is -0.0980. The lowest BCUT2D eigenvalue weighted by atomic mass is 9.99. The maximum atomic E-state index is 12.8. The summed E-state index contributed by atoms with van der Waals surface area (Å²) in [7, 11) is 0. The second-order valence-electron chi connectivity index (χ2n) is 6.87. The van der Waals surface area contributed by atoms with Gasteiger partial charge in [-0.15, -0.1) is 0 Å². The fourth-order valence-corrected chi connectivity index (χ4v) is 3.44. The third-order valence-corrected chi connectivity index (χ3v) is 4.84. The number of hydrogen-bond acceptors (Lipinski definition) is 4. The van der Waals surface area contributed by atoms with E-state index in [0.29, 0.717) is 11.7 Å². The van der Waals surface area contributed by atoms with Crippen LogP contribution in [0, 0.1) is 0 Å². The van der Waals surface area contributed by atoms with Crippen molar-refractivity contribution in [3.8, 4) is 0 Å². The molecule has 1 aromatic carbocycles. The number of nitrogens with one attached hydrogen (secondary N) is 2. The number of carbonyl (C=O) groups is 2. The highest BCUT2D eigenvalue weighted by atomic mass is 16.2. The summed E-state index contributed by atoms with van der Waals surface area (Å²) >= 11 is 0. The summed E-state index contributed by atoms with van der Waals surface area (Å²) in [4.78, 5) is 30.2. The maximum absolute atomic E-state index is 12.8. The molecule has 0 saturated carbocycles. The second kappa shape index (κ2) is 8.66. The van der Waals surface area contributed by atoms with Gasteiger partial charge in [-0.25, -0.2) is 4.98 Å². The maximum Gasteiger partial charge on any atom is 0.272 e. The van der Waals surface area contributed by atoms with Gasteiger partial charge in [0.2, 0.25) is 5.91 Å². The van der Waals surface area contributed by atoms with Crippen molar-refractivity contribution in [1.29, 1.82) is 0 Å². The average molecular weight is 366 g/mol. The smallest absolute Gasteiger partial charge is 0.272 e. The Kier molecular flexibility index (Phi) is 6.06. The number of likely N-dealkylation sites (tertiary alicyclic amines) is 1. The Labute approximate surface area is 160 Å². The molecular weight excluding hydrogens is 340 g/mol. The highest BCUT2D eigenvalue weighted by Crippen LogP contribution is 2.22. The van der Waals surface area contributed by atoms with E-state index >= 15 is 0 Å². The molecule has 1 unspecified atom stereocenters. The summed E-state index contributed by atoms with van der Waals surface area (Å²) in [5, 5.41) is 5.98. The SMILES string of the molecule is CCC1CCCCN1C(=O)c1ccc(Nc2ccc(NC(C)=O)cc2)cn1. The molecule has 1 aliphatic heterocycles. The summed E-state index contributed by atoms with van der Waals surface area (Å²) < 4.78 is 0. The number of amides is 2. The minimum Gasteiger partial charge on any atom is -0.354 e. The van der Waals surface area contributed by atoms with Crippen LogP contribution in [0.4, 0.5) is 17.1 Å². The van der Waals surface area contributed by atoms with Crippen molar-refractivity contribution in [2.24, 2.45) is 0 Å². The van der Waals surface area contributed by atoms with Crippen LogP contribution in [0.5, 0.6) is 0 Å². The van der Waals surface area contributed by atoms with Crippen LogP contribution >= 0.6 is 0 Å². The fourth-order valence-electron chi connectivity index (χ4n) is 3.44. The predicted octanol–water partition coefficient (Wildman–Crippen LogP) is 4.19. The average Bonchev–Trinajstić information content (AvgIpc) is 2.69. The van der Waals surface area contributed by atoms with E-state index in [9.17, 15) is 9.59 Å². The Morgan fingerprint density at radius 1 is 1.07 bits per heavy atom. The van der Waals surface area contributed by atoms with Crippen LogP contribution in [-0.2, 0) is 4.79 Å². The Morgan fingerprint density at radius 2 is 1.78 bits per heavy atom. The number of hydrogen-bond donors (Lipinski definition) is 2. The Balaban J connectivity index is 1.64. The third kappa shape index (κ3) is 4.84. The molecular formula is C21H26N4O2. The Hall–Kier alpha value is -2.89. The molecule has 2 aromatic rings. The second-order valence-corrected chi connectivity index (χ2v) is 6.87. The summed E-state index contributed by atoms with van der Waals surface area (Å²) in [6.07, 6.45) is 6.01. The Bertz CT molecular complexity index is 787. The molecule has 0 bridgehead atoms. The van der Waals surface area contributed by atoms with Gasteiger partial charge in [-0.2, -0.15) is 0 Å². The first kappa shape index (κ1) is 18.9. The Morgan fingerprint density at radius 3 is 2.41 bits per heavy atom. The van der Waals surface area contributed by atoms with Gasteiger partial charge < -0.3 is 15.5 Å². The molecule has 1 aromatic heterocycles. The van der Waals surface area contributed by atoms with Crippen molar-refractivity contribution in [3.63, 3.8) is 0 Å². The molecule has 2 amide bonds. The zero-order chi connectivity index (χ0) is 19.2. The molecule has 2 heterocycles. The predicted molar refractivity (Wildman–Crippen MR) is 107 cm³/mol. The number of piperidine rings is 1. The van der Waals surface area contributed by atoms with E-state index in [2.05, 4.69) is 22.5 Å². The van der Waals surface area contributed by atoms with Crippen LogP contribution in [0.1, 0.15) is 50.0 Å². The van der Waals surface area contributed by atoms with E-state index in [1.165, 1.54) is 13.3 Å². The number of carbonyl (C=O) groups excluding carboxylic acids is 2. The molecule has 3 rings (SSSR count). The molecule has 1 aliphatic rings. The largest absolute Gasteiger partial charge is 0.354 e. The first-order chi connectivity index (χ1) is 13.1. The van der Waals surface area contributed by atoms with E-state index in [1.807, 2.05) is 35.2 Å². The van der Waals surface area contributed by atoms with Crippen molar-refractivity contribution in [2.75, 3.05) is 17.2 Å². The van der Waals surface area contributed by atoms with Crippen molar-refractivity contribution in [1.82, 2.24) is 9.88 Å². The first-order valence-electron chi connectivity index (χ1n) is 9.48. The van der Waals surface area contributed by atoms with Gasteiger partial charge in [0.25, 0.3) is 5.91 Å². The number of anilines is 3. The van der Waals surface area contributed by atoms with Crippen LogP contribution < -0.4 is 10.6 Å². The molecule has 0 spiro atoms. The quantitative estimate of drug-likeness (QED) is 0.832. The lowest BCUT2D eigenvalue weighted by Crippen LogP contribution is -2.43. The first-order valence-corrected chi connectivity index (χ1v) is 9.48. The standard InChI is InChI=1S/C21H26N4O2/c1-3-19-6-4-5-13-25(19)21(27)20-12-11-18(14-22-20)24-17-9-7-16(8-10-17)23-15(2)26/h7-12,14,19,24H,3-6,13H2,1-2H3,(H,23,26). The van der Waals surface area contributed by atoms with Crippen molar-refractivity contribution in [3.05, 3.63) is 48.3 Å². The summed E-state index contributed by atoms with van der Waals surface area (Å²) in [6, 6.07) is 11.4. The number of benzene rings is 1. The molecule has 2 N–H and O–H groups in total. The van der Waals surface area contributed by atoms with E-state index in [4.69, 9.17) is 0 Å². The van der Waals surface area contributed by atoms with Gasteiger partial charge in [-0.3, -0.25) is 9.59 Å². The van der Waals surface area contributed by atoms with E-state index in [-0.39, 0.29) is 11.8 Å². The van der Waals surface area contributed by atoms with Crippen LogP contribution in [0.2, 0.25) is 0 Å². The number of nitrogens with zero attached hydrogens (tertiary/aromatic N) is 2. The molecule has 1 saturated heterocycles. The van der Waals surface area contributed by atoms with Crippen molar-refractivity contribution >= 4 is 28.9 Å². The monoisotopic (exact) mass is 366 g/mol. The molecule has 1 fully saturated rings. The normalized spacial score (nSPS) is 16.7. The van der Waals surface area contributed by atoms with Gasteiger partial charge >= 0.3 is 0 Å². The molecule has 142 valence electrons. The molecule has 6 nitrogen and oxygen atoms in total. The van der Waals surface area contributed by atoms with Gasteiger partial charge in [0.15, 0.2) is 0 Å². The van der Waals surface area contributed by atoms with Gasteiger partial charge in [-0.1, -0.05) is 6.92 Å².